The number of ether oxygens (including phenoxy) is 1. The van der Waals surface area contributed by atoms with Crippen LogP contribution in [0.3, 0.4) is 0 Å². The average Bonchev–Trinajstić information content (AvgIpc) is 3.02. The van der Waals surface area contributed by atoms with E-state index >= 15 is 0 Å². The van der Waals surface area contributed by atoms with Gasteiger partial charge in [0.05, 0.1) is 25.0 Å². The predicted molar refractivity (Wildman–Crippen MR) is 69.9 cm³/mol. The molecule has 2 heterocycles. The minimum absolute atomic E-state index is 0.645. The second kappa shape index (κ2) is 6.02. The molecule has 0 aliphatic heterocycles. The Bertz CT molecular complexity index is 502. The Kier molecular flexibility index (Phi) is 4.14. The third-order valence-electron chi connectivity index (χ3n) is 2.47. The molecule has 0 atom stereocenters. The lowest BCUT2D eigenvalue weighted by atomic mass is 10.5. The molecule has 2 aromatic rings. The summed E-state index contributed by atoms with van der Waals surface area (Å²) in [5.74, 6) is 0.779. The van der Waals surface area contributed by atoms with E-state index in [4.69, 9.17) is 4.74 Å². The largest absolute Gasteiger partial charge is 0.383 e. The number of hydrogen-bond donors (Lipinski definition) is 1. The molecule has 0 saturated carbocycles. The van der Waals surface area contributed by atoms with E-state index in [1.807, 2.05) is 21.6 Å². The Morgan fingerprint density at radius 2 is 2.44 bits per heavy atom. The van der Waals surface area contributed by atoms with Gasteiger partial charge < -0.3 is 10.1 Å². The van der Waals surface area contributed by atoms with Crippen LogP contribution in [-0.4, -0.2) is 39.6 Å². The van der Waals surface area contributed by atoms with Crippen molar-refractivity contribution >= 4 is 5.95 Å². The van der Waals surface area contributed by atoms with Gasteiger partial charge in [-0.3, -0.25) is 9.25 Å². The quantitative estimate of drug-likeness (QED) is 0.750. The van der Waals surface area contributed by atoms with Crippen LogP contribution in [-0.2, 0) is 11.3 Å². The van der Waals surface area contributed by atoms with Crippen LogP contribution < -0.4 is 5.32 Å². The summed E-state index contributed by atoms with van der Waals surface area (Å²) in [5.41, 5.74) is 0.968. The molecule has 0 amide bonds. The molecular formula is C12H17N5O. The lowest BCUT2D eigenvalue weighted by Crippen LogP contribution is -2.06. The maximum absolute atomic E-state index is 5.02. The second-order valence-electron chi connectivity index (χ2n) is 3.74. The van der Waals surface area contributed by atoms with Crippen molar-refractivity contribution in [1.82, 2.24) is 19.3 Å². The highest BCUT2D eigenvalue weighted by atomic mass is 16.5. The summed E-state index contributed by atoms with van der Waals surface area (Å²) in [6.07, 6.45) is 9.19. The zero-order valence-corrected chi connectivity index (χ0v) is 10.4. The van der Waals surface area contributed by atoms with Gasteiger partial charge in [-0.05, 0) is 0 Å². The summed E-state index contributed by atoms with van der Waals surface area (Å²) < 4.78 is 8.81. The Balaban J connectivity index is 2.12. The van der Waals surface area contributed by atoms with Gasteiger partial charge in [-0.15, -0.1) is 6.58 Å². The first-order chi connectivity index (χ1) is 8.85. The predicted octanol–water partition coefficient (Wildman–Crippen LogP) is 1.31. The number of nitrogens with one attached hydrogen (secondary N) is 1. The van der Waals surface area contributed by atoms with E-state index in [0.29, 0.717) is 13.2 Å². The van der Waals surface area contributed by atoms with Crippen LogP contribution in [0.1, 0.15) is 0 Å². The molecule has 6 heteroatoms. The van der Waals surface area contributed by atoms with Crippen LogP contribution >= 0.6 is 0 Å². The van der Waals surface area contributed by atoms with Gasteiger partial charge in [0.15, 0.2) is 0 Å². The number of anilines is 1. The van der Waals surface area contributed by atoms with Gasteiger partial charge in [0, 0.05) is 32.2 Å². The minimum atomic E-state index is 0.645. The molecule has 6 nitrogen and oxygen atoms in total. The molecule has 0 radical (unpaired) electrons. The van der Waals surface area contributed by atoms with Crippen LogP contribution in [0.5, 0.6) is 0 Å². The molecule has 1 N–H and O–H groups in total. The Morgan fingerprint density at radius 3 is 3.22 bits per heavy atom. The molecule has 0 saturated heterocycles. The topological polar surface area (TPSA) is 56.9 Å². The molecule has 2 aromatic heterocycles. The van der Waals surface area contributed by atoms with Crippen molar-refractivity contribution in [1.29, 1.82) is 0 Å². The minimum Gasteiger partial charge on any atom is -0.383 e. The average molecular weight is 247 g/mol. The number of nitrogens with zero attached hydrogens (tertiary/aromatic N) is 4. The van der Waals surface area contributed by atoms with Crippen molar-refractivity contribution in [2.24, 2.45) is 0 Å². The van der Waals surface area contributed by atoms with Gasteiger partial charge in [-0.25, -0.2) is 4.98 Å². The third-order valence-corrected chi connectivity index (χ3v) is 2.47. The lowest BCUT2D eigenvalue weighted by Gasteiger charge is -2.05. The van der Waals surface area contributed by atoms with Gasteiger partial charge in [0.2, 0.25) is 5.95 Å². The number of hydrogen-bond acceptors (Lipinski definition) is 4. The number of aromatic nitrogens is 4. The highest BCUT2D eigenvalue weighted by molar-refractivity contribution is 5.39. The van der Waals surface area contributed by atoms with Gasteiger partial charge in [0.25, 0.3) is 0 Å². The van der Waals surface area contributed by atoms with Crippen LogP contribution in [0.25, 0.3) is 5.69 Å². The monoisotopic (exact) mass is 247 g/mol. The maximum Gasteiger partial charge on any atom is 0.207 e. The SMILES string of the molecule is C=CCNc1nccn1-c1cnn(CCOC)c1. The third kappa shape index (κ3) is 2.78. The first-order valence-corrected chi connectivity index (χ1v) is 5.75. The molecule has 0 fully saturated rings. The fourth-order valence-corrected chi connectivity index (χ4v) is 1.59. The zero-order chi connectivity index (χ0) is 12.8. The molecule has 0 spiro atoms. The van der Waals surface area contributed by atoms with Crippen molar-refractivity contribution in [3.63, 3.8) is 0 Å². The Labute approximate surface area is 106 Å². The summed E-state index contributed by atoms with van der Waals surface area (Å²) in [7, 11) is 1.68. The van der Waals surface area contributed by atoms with Crippen molar-refractivity contribution in [3.05, 3.63) is 37.4 Å². The number of rotatable bonds is 7. The fourth-order valence-electron chi connectivity index (χ4n) is 1.59. The summed E-state index contributed by atoms with van der Waals surface area (Å²) in [5, 5.41) is 7.44. The summed E-state index contributed by atoms with van der Waals surface area (Å²) >= 11 is 0. The molecule has 18 heavy (non-hydrogen) atoms. The fraction of sp³-hybridized carbons (Fsp3) is 0.333. The van der Waals surface area contributed by atoms with E-state index in [1.54, 1.807) is 25.6 Å². The van der Waals surface area contributed by atoms with Gasteiger partial charge in [-0.1, -0.05) is 6.08 Å². The van der Waals surface area contributed by atoms with E-state index in [0.717, 1.165) is 18.2 Å². The molecule has 0 bridgehead atoms. The van der Waals surface area contributed by atoms with E-state index in [9.17, 15) is 0 Å². The molecular weight excluding hydrogens is 230 g/mol. The van der Waals surface area contributed by atoms with Crippen molar-refractivity contribution in [3.8, 4) is 5.69 Å². The Morgan fingerprint density at radius 1 is 1.56 bits per heavy atom. The zero-order valence-electron chi connectivity index (χ0n) is 10.4. The van der Waals surface area contributed by atoms with Gasteiger partial charge >= 0.3 is 0 Å². The lowest BCUT2D eigenvalue weighted by molar-refractivity contribution is 0.183. The summed E-state index contributed by atoms with van der Waals surface area (Å²) in [4.78, 5) is 4.24. The van der Waals surface area contributed by atoms with E-state index in [2.05, 4.69) is 22.0 Å². The highest BCUT2D eigenvalue weighted by Gasteiger charge is 2.06. The smallest absolute Gasteiger partial charge is 0.207 e. The summed E-state index contributed by atoms with van der Waals surface area (Å²) in [6, 6.07) is 0. The van der Waals surface area contributed by atoms with E-state index in [-0.39, 0.29) is 0 Å². The van der Waals surface area contributed by atoms with Crippen molar-refractivity contribution in [2.45, 2.75) is 6.54 Å². The van der Waals surface area contributed by atoms with Crippen molar-refractivity contribution < 1.29 is 4.74 Å². The molecule has 0 aliphatic rings. The molecule has 2 rings (SSSR count). The standard InChI is InChI=1S/C12H17N5O/c1-3-4-13-12-14-5-6-17(12)11-9-15-16(10-11)7-8-18-2/h3,5-6,9-10H,1,4,7-8H2,2H3,(H,13,14). The molecule has 0 aromatic carbocycles. The van der Waals surface area contributed by atoms with Crippen LogP contribution in [0.4, 0.5) is 5.95 Å². The Hall–Kier alpha value is -2.08. The number of imidazole rings is 1. The van der Waals surface area contributed by atoms with E-state index < -0.39 is 0 Å². The van der Waals surface area contributed by atoms with Crippen molar-refractivity contribution in [2.75, 3.05) is 25.6 Å². The van der Waals surface area contributed by atoms with Crippen LogP contribution in [0.15, 0.2) is 37.4 Å². The maximum atomic E-state index is 5.02. The van der Waals surface area contributed by atoms with Gasteiger partial charge in [0.1, 0.15) is 0 Å². The summed E-state index contributed by atoms with van der Waals surface area (Å²) in [6.45, 7) is 5.73. The molecule has 0 aliphatic carbocycles. The normalized spacial score (nSPS) is 10.5. The highest BCUT2D eigenvalue weighted by Crippen LogP contribution is 2.13. The second-order valence-corrected chi connectivity index (χ2v) is 3.74. The molecule has 0 unspecified atom stereocenters. The van der Waals surface area contributed by atoms with Gasteiger partial charge in [-0.2, -0.15) is 5.10 Å². The van der Waals surface area contributed by atoms with Crippen LogP contribution in [0.2, 0.25) is 0 Å². The first-order valence-electron chi connectivity index (χ1n) is 5.75. The number of methoxy groups -OCH3 is 1. The van der Waals surface area contributed by atoms with E-state index in [1.165, 1.54) is 0 Å². The first kappa shape index (κ1) is 12.4. The van der Waals surface area contributed by atoms with Crippen LogP contribution in [0, 0.1) is 0 Å². The molecule has 96 valence electrons.